The van der Waals surface area contributed by atoms with Crippen LogP contribution in [0, 0.1) is 0 Å². The van der Waals surface area contributed by atoms with Crippen molar-refractivity contribution in [2.45, 2.75) is 0 Å². The van der Waals surface area contributed by atoms with E-state index in [-0.39, 0.29) is 82.5 Å². The summed E-state index contributed by atoms with van der Waals surface area (Å²) in [5, 5.41) is 0. The first-order chi connectivity index (χ1) is 0. The molecule has 0 amide bonds. The van der Waals surface area contributed by atoms with Crippen LogP contribution < -0.4 is 0 Å². The van der Waals surface area contributed by atoms with Gasteiger partial charge in [0.05, 0.1) is 0 Å². The molecule has 3 radical (unpaired) electrons. The summed E-state index contributed by atoms with van der Waals surface area (Å²) >= 11 is 0. The third-order valence-electron chi connectivity index (χ3n) is 0. The molecule has 0 unspecified atom stereocenters. The van der Waals surface area contributed by atoms with Crippen LogP contribution in [0.2, 0.25) is 0 Å². The average Bonchev–Trinajstić information content (AvgIpc) is 0. The summed E-state index contributed by atoms with van der Waals surface area (Å²) in [6.07, 6.45) is 0. The summed E-state index contributed by atoms with van der Waals surface area (Å²) in [6.45, 7) is 0. The molecule has 0 atom stereocenters. The molecule has 0 heterocycles. The third kappa shape index (κ3) is 21.6. The Kier molecular flexibility index (Phi) is 343. The van der Waals surface area contributed by atoms with Crippen molar-refractivity contribution in [2.75, 3.05) is 0 Å². The first kappa shape index (κ1) is 52.8. The maximum Gasteiger partial charge on any atom is 0 e. The standard InChI is InChI=1S/B.Fe.Ni.W.Zn. The Morgan fingerprint density at radius 2 is 1.00 bits per heavy atom. The second-order valence-corrected chi connectivity index (χ2v) is 0. The third-order valence-corrected chi connectivity index (χ3v) is 0. The molecule has 0 aliphatic rings. The maximum absolute atomic E-state index is 0. The van der Waals surface area contributed by atoms with Crippen LogP contribution in [-0.4, -0.2) is 8.41 Å². The van der Waals surface area contributed by atoms with Gasteiger partial charge in [-0.15, -0.1) is 0 Å². The van der Waals surface area contributed by atoms with Crippen LogP contribution in [0.15, 0.2) is 0 Å². The zero-order valence-electron chi connectivity index (χ0n) is 2.36. The van der Waals surface area contributed by atoms with E-state index in [1.54, 1.807) is 0 Å². The zero-order valence-corrected chi connectivity index (χ0v) is 10.4. The van der Waals surface area contributed by atoms with Crippen LogP contribution in [0.4, 0.5) is 0 Å². The van der Waals surface area contributed by atoms with E-state index in [0.29, 0.717) is 0 Å². The normalized spacial score (nSPS) is 0. The van der Waals surface area contributed by atoms with Gasteiger partial charge in [-0.2, -0.15) is 0 Å². The molecule has 0 aromatic carbocycles. The van der Waals surface area contributed by atoms with Gasteiger partial charge in [0.1, 0.15) is 0 Å². The number of rotatable bonds is 0. The Morgan fingerprint density at radius 3 is 1.00 bits per heavy atom. The van der Waals surface area contributed by atoms with Crippen LogP contribution in [0.5, 0.6) is 0 Å². The van der Waals surface area contributed by atoms with Crippen molar-refractivity contribution in [1.29, 1.82) is 0 Å². The summed E-state index contributed by atoms with van der Waals surface area (Å²) < 4.78 is 0. The minimum Gasteiger partial charge on any atom is 0 e. The van der Waals surface area contributed by atoms with Gasteiger partial charge in [-0.05, 0) is 0 Å². The first-order valence-corrected chi connectivity index (χ1v) is 0. The van der Waals surface area contributed by atoms with E-state index in [9.17, 15) is 0 Å². The van der Waals surface area contributed by atoms with Gasteiger partial charge in [0.25, 0.3) is 0 Å². The van der Waals surface area contributed by atoms with E-state index >= 15 is 0 Å². The van der Waals surface area contributed by atoms with Crippen molar-refractivity contribution >= 4 is 8.41 Å². The van der Waals surface area contributed by atoms with Crippen molar-refractivity contribution in [3.8, 4) is 0 Å². The van der Waals surface area contributed by atoms with E-state index in [1.165, 1.54) is 0 Å². The molecule has 0 nitrogen and oxygen atoms in total. The summed E-state index contributed by atoms with van der Waals surface area (Å²) in [5.74, 6) is 0. The van der Waals surface area contributed by atoms with Gasteiger partial charge in [0.2, 0.25) is 0 Å². The van der Waals surface area contributed by atoms with E-state index in [4.69, 9.17) is 0 Å². The Hall–Kier alpha value is 2.39. The summed E-state index contributed by atoms with van der Waals surface area (Å²) in [5.41, 5.74) is 0. The summed E-state index contributed by atoms with van der Waals surface area (Å²) in [6, 6.07) is 0. The molecule has 29 valence electrons. The average molecular weight is 375 g/mol. The number of hydrogen-bond acceptors (Lipinski definition) is 0. The van der Waals surface area contributed by atoms with Crippen LogP contribution >= 0.6 is 0 Å². The molecule has 0 N–H and O–H groups in total. The van der Waals surface area contributed by atoms with Crippen molar-refractivity contribution in [2.24, 2.45) is 0 Å². The second kappa shape index (κ2) is 32.5. The fourth-order valence-corrected chi connectivity index (χ4v) is 0. The van der Waals surface area contributed by atoms with Crippen molar-refractivity contribution in [3.63, 3.8) is 0 Å². The minimum atomic E-state index is 0. The Balaban J connectivity index is 0. The molecule has 5 heteroatoms. The van der Waals surface area contributed by atoms with Gasteiger partial charge < -0.3 is 0 Å². The van der Waals surface area contributed by atoms with Crippen molar-refractivity contribution in [3.05, 3.63) is 0 Å². The molecule has 0 bridgehead atoms. The van der Waals surface area contributed by atoms with E-state index in [2.05, 4.69) is 0 Å². The molecule has 0 rings (SSSR count). The SMILES string of the molecule is [B].[Fe].[Ni].[W].[Zn]. The monoisotopic (exact) mass is 373 g/mol. The van der Waals surface area contributed by atoms with E-state index < -0.39 is 0 Å². The fraction of sp³-hybridized carbons (Fsp3) is 0. The molecule has 5 heavy (non-hydrogen) atoms. The molecule has 0 saturated carbocycles. The van der Waals surface area contributed by atoms with Crippen LogP contribution in [0.1, 0.15) is 0 Å². The topological polar surface area (TPSA) is 0 Å². The predicted molar refractivity (Wildman–Crippen MR) is 5.75 cm³/mol. The van der Waals surface area contributed by atoms with Crippen LogP contribution in [0.3, 0.4) is 0 Å². The number of hydrogen-bond donors (Lipinski definition) is 0. The smallest absolute Gasteiger partial charge is 0 e. The largest absolute Gasteiger partial charge is 0 e. The summed E-state index contributed by atoms with van der Waals surface area (Å²) in [7, 11) is 0. The quantitative estimate of drug-likeness (QED) is 0.507. The molecule has 0 fully saturated rings. The summed E-state index contributed by atoms with van der Waals surface area (Å²) in [4.78, 5) is 0. The molecular weight excluding hydrogens is 375 g/mol. The van der Waals surface area contributed by atoms with Crippen LogP contribution in [0.25, 0.3) is 0 Å². The van der Waals surface area contributed by atoms with E-state index in [0.717, 1.165) is 0 Å². The van der Waals surface area contributed by atoms with Crippen molar-refractivity contribution < 1.29 is 74.1 Å². The second-order valence-electron chi connectivity index (χ2n) is 0. The molecule has 0 aliphatic carbocycles. The van der Waals surface area contributed by atoms with Crippen LogP contribution in [-0.2, 0) is 74.1 Å². The van der Waals surface area contributed by atoms with Gasteiger partial charge in [0.15, 0.2) is 0 Å². The van der Waals surface area contributed by atoms with E-state index in [1.807, 2.05) is 0 Å². The fourth-order valence-electron chi connectivity index (χ4n) is 0. The van der Waals surface area contributed by atoms with Gasteiger partial charge in [0, 0.05) is 82.5 Å². The molecule has 0 spiro atoms. The van der Waals surface area contributed by atoms with Crippen molar-refractivity contribution in [1.82, 2.24) is 0 Å². The van der Waals surface area contributed by atoms with Gasteiger partial charge in [-0.1, -0.05) is 0 Å². The minimum absolute atomic E-state index is 0. The zero-order chi connectivity index (χ0) is 0. The molecule has 0 saturated heterocycles. The molecular formula is BFeNiWZn. The van der Waals surface area contributed by atoms with Gasteiger partial charge in [-0.3, -0.25) is 0 Å². The molecule has 0 aromatic rings. The Labute approximate surface area is 81.6 Å². The van der Waals surface area contributed by atoms with Gasteiger partial charge in [-0.25, -0.2) is 0 Å². The molecule has 0 aromatic heterocycles. The maximum atomic E-state index is 0. The predicted octanol–water partition coefficient (Wildman–Crippen LogP) is -0.391. The first-order valence-electron chi connectivity index (χ1n) is 0. The molecule has 0 aliphatic heterocycles. The Bertz CT molecular complexity index is 11.6. The Morgan fingerprint density at radius 1 is 1.00 bits per heavy atom. The van der Waals surface area contributed by atoms with Gasteiger partial charge >= 0.3 is 0 Å².